The van der Waals surface area contributed by atoms with Gasteiger partial charge in [-0.3, -0.25) is 4.72 Å². The van der Waals surface area contributed by atoms with Crippen LogP contribution in [0.15, 0.2) is 82.9 Å². The third kappa shape index (κ3) is 5.38. The van der Waals surface area contributed by atoms with Crippen LogP contribution in [0.5, 0.6) is 5.88 Å². The molecule has 0 aliphatic heterocycles. The van der Waals surface area contributed by atoms with E-state index < -0.39 is 15.8 Å². The number of pyridine rings is 1. The SMILES string of the molecule is C=C(Nc1cnc(OC)c(S(=O)(=O)Nc2ccc(F)cc2C(C)C)c1)c1ncc(-c2ccccc2)o1. The van der Waals surface area contributed by atoms with Crippen LogP contribution in [-0.2, 0) is 10.0 Å². The highest BCUT2D eigenvalue weighted by molar-refractivity contribution is 7.92. The van der Waals surface area contributed by atoms with E-state index in [2.05, 4.69) is 26.6 Å². The lowest BCUT2D eigenvalue weighted by atomic mass is 10.0. The van der Waals surface area contributed by atoms with Crippen molar-refractivity contribution < 1.29 is 22.0 Å². The number of aromatic nitrogens is 2. The number of sulfonamides is 1. The summed E-state index contributed by atoms with van der Waals surface area (Å²) < 4.78 is 53.9. The molecule has 2 aromatic heterocycles. The molecule has 0 aliphatic carbocycles. The second-order valence-electron chi connectivity index (χ2n) is 8.22. The fourth-order valence-electron chi connectivity index (χ4n) is 3.53. The normalized spacial score (nSPS) is 11.4. The number of benzene rings is 2. The maximum Gasteiger partial charge on any atom is 0.267 e. The van der Waals surface area contributed by atoms with Gasteiger partial charge in [-0.25, -0.2) is 22.8 Å². The molecule has 0 aliphatic rings. The van der Waals surface area contributed by atoms with Gasteiger partial charge in [0, 0.05) is 5.56 Å². The minimum atomic E-state index is -4.15. The first kappa shape index (κ1) is 24.9. The molecule has 0 radical (unpaired) electrons. The molecule has 0 bridgehead atoms. The van der Waals surface area contributed by atoms with Crippen molar-refractivity contribution in [2.45, 2.75) is 24.7 Å². The molecule has 8 nitrogen and oxygen atoms in total. The van der Waals surface area contributed by atoms with Gasteiger partial charge in [0.05, 0.1) is 36.6 Å². The number of hydrogen-bond acceptors (Lipinski definition) is 7. The van der Waals surface area contributed by atoms with Gasteiger partial charge in [0.2, 0.25) is 11.8 Å². The molecule has 186 valence electrons. The number of halogens is 1. The highest BCUT2D eigenvalue weighted by atomic mass is 32.2. The first-order chi connectivity index (χ1) is 17.2. The molecule has 36 heavy (non-hydrogen) atoms. The van der Waals surface area contributed by atoms with E-state index in [0.717, 1.165) is 5.56 Å². The van der Waals surface area contributed by atoms with Crippen LogP contribution in [-0.4, -0.2) is 25.5 Å². The van der Waals surface area contributed by atoms with Crippen LogP contribution >= 0.6 is 0 Å². The van der Waals surface area contributed by atoms with Gasteiger partial charge in [0.15, 0.2) is 10.7 Å². The van der Waals surface area contributed by atoms with E-state index in [4.69, 9.17) is 9.15 Å². The fourth-order valence-corrected chi connectivity index (χ4v) is 4.76. The molecule has 2 heterocycles. The average molecular weight is 509 g/mol. The van der Waals surface area contributed by atoms with Gasteiger partial charge in [-0.2, -0.15) is 0 Å². The predicted molar refractivity (Wildman–Crippen MR) is 137 cm³/mol. The smallest absolute Gasteiger partial charge is 0.267 e. The Bertz CT molecular complexity index is 1500. The second kappa shape index (κ2) is 10.2. The molecule has 0 fully saturated rings. The maximum absolute atomic E-state index is 13.8. The first-order valence-electron chi connectivity index (χ1n) is 11.0. The zero-order valence-corrected chi connectivity index (χ0v) is 20.8. The summed E-state index contributed by atoms with van der Waals surface area (Å²) in [5.41, 5.74) is 2.27. The Hall–Kier alpha value is -4.18. The van der Waals surface area contributed by atoms with Crippen LogP contribution < -0.4 is 14.8 Å². The van der Waals surface area contributed by atoms with Crippen LogP contribution in [0.4, 0.5) is 15.8 Å². The van der Waals surface area contributed by atoms with Crippen molar-refractivity contribution in [2.75, 3.05) is 17.1 Å². The summed E-state index contributed by atoms with van der Waals surface area (Å²) in [6.07, 6.45) is 2.99. The van der Waals surface area contributed by atoms with E-state index in [1.54, 1.807) is 6.20 Å². The van der Waals surface area contributed by atoms with Crippen molar-refractivity contribution in [1.29, 1.82) is 0 Å². The van der Waals surface area contributed by atoms with E-state index in [1.807, 2.05) is 44.2 Å². The van der Waals surface area contributed by atoms with Crippen molar-refractivity contribution in [2.24, 2.45) is 0 Å². The molecular weight excluding hydrogens is 483 g/mol. The average Bonchev–Trinajstić information content (AvgIpc) is 3.36. The van der Waals surface area contributed by atoms with Crippen molar-refractivity contribution in [3.63, 3.8) is 0 Å². The molecular formula is C26H25FN4O4S. The highest BCUT2D eigenvalue weighted by Gasteiger charge is 2.24. The van der Waals surface area contributed by atoms with Gasteiger partial charge in [0.25, 0.3) is 10.0 Å². The Morgan fingerprint density at radius 2 is 1.83 bits per heavy atom. The Morgan fingerprint density at radius 3 is 2.53 bits per heavy atom. The van der Waals surface area contributed by atoms with Gasteiger partial charge >= 0.3 is 0 Å². The Balaban J connectivity index is 1.60. The van der Waals surface area contributed by atoms with Gasteiger partial charge < -0.3 is 14.5 Å². The van der Waals surface area contributed by atoms with E-state index in [1.165, 1.54) is 37.6 Å². The van der Waals surface area contributed by atoms with Gasteiger partial charge in [-0.05, 0) is 35.7 Å². The number of nitrogens with one attached hydrogen (secondary N) is 2. The number of anilines is 2. The number of oxazole rings is 1. The largest absolute Gasteiger partial charge is 0.480 e. The summed E-state index contributed by atoms with van der Waals surface area (Å²) >= 11 is 0. The van der Waals surface area contributed by atoms with Crippen LogP contribution in [0.3, 0.4) is 0 Å². The van der Waals surface area contributed by atoms with Crippen molar-refractivity contribution >= 4 is 27.1 Å². The number of rotatable bonds is 9. The lowest BCUT2D eigenvalue weighted by molar-refractivity contribution is 0.385. The Morgan fingerprint density at radius 1 is 1.08 bits per heavy atom. The second-order valence-corrected chi connectivity index (χ2v) is 9.87. The summed E-state index contributed by atoms with van der Waals surface area (Å²) in [5.74, 6) is 0.132. The summed E-state index contributed by atoms with van der Waals surface area (Å²) in [7, 11) is -2.83. The third-order valence-corrected chi connectivity index (χ3v) is 6.66. The first-order valence-corrected chi connectivity index (χ1v) is 12.5. The molecule has 10 heteroatoms. The quantitative estimate of drug-likeness (QED) is 0.290. The summed E-state index contributed by atoms with van der Waals surface area (Å²) in [4.78, 5) is 8.16. The molecule has 0 spiro atoms. The van der Waals surface area contributed by atoms with Crippen molar-refractivity contribution in [3.05, 3.63) is 90.8 Å². The third-order valence-electron chi connectivity index (χ3n) is 5.30. The van der Waals surface area contributed by atoms with Crippen LogP contribution in [0, 0.1) is 5.82 Å². The molecule has 0 unspecified atom stereocenters. The van der Waals surface area contributed by atoms with Crippen molar-refractivity contribution in [1.82, 2.24) is 9.97 Å². The molecule has 0 atom stereocenters. The molecule has 0 saturated carbocycles. The lowest BCUT2D eigenvalue weighted by Crippen LogP contribution is -2.16. The minimum Gasteiger partial charge on any atom is -0.480 e. The molecule has 0 amide bonds. The Labute approximate surface area is 208 Å². The topological polar surface area (TPSA) is 106 Å². The molecule has 4 aromatic rings. The standard InChI is InChI=1S/C26H25FN4O4S/c1-16(2)21-12-19(27)10-11-22(21)31-36(32,33)24-13-20(14-28-26(24)34-4)30-17(3)25-29-15-23(35-25)18-8-6-5-7-9-18/h5-16,30-31H,3H2,1-2,4H3. The fraction of sp³-hybridized carbons (Fsp3) is 0.154. The molecule has 2 N–H and O–H groups in total. The highest BCUT2D eigenvalue weighted by Crippen LogP contribution is 2.31. The monoisotopic (exact) mass is 508 g/mol. The summed E-state index contributed by atoms with van der Waals surface area (Å²) in [6.45, 7) is 7.63. The molecule has 4 rings (SSSR count). The zero-order chi connectivity index (χ0) is 25.9. The lowest BCUT2D eigenvalue weighted by Gasteiger charge is -2.17. The number of nitrogens with zero attached hydrogens (tertiary/aromatic N) is 2. The minimum absolute atomic E-state index is 0.102. The van der Waals surface area contributed by atoms with E-state index in [9.17, 15) is 12.8 Å². The number of hydrogen-bond donors (Lipinski definition) is 2. The zero-order valence-electron chi connectivity index (χ0n) is 19.9. The van der Waals surface area contributed by atoms with Gasteiger partial charge in [-0.1, -0.05) is 50.8 Å². The van der Waals surface area contributed by atoms with E-state index >= 15 is 0 Å². The summed E-state index contributed by atoms with van der Waals surface area (Å²) in [5, 5.41) is 2.98. The van der Waals surface area contributed by atoms with Crippen LogP contribution in [0.1, 0.15) is 31.2 Å². The molecule has 0 saturated heterocycles. The molecule has 2 aromatic carbocycles. The maximum atomic E-state index is 13.8. The number of methoxy groups -OCH3 is 1. The van der Waals surface area contributed by atoms with Crippen molar-refractivity contribution in [3.8, 4) is 17.2 Å². The Kier molecular flexibility index (Phi) is 7.07. The summed E-state index contributed by atoms with van der Waals surface area (Å²) in [6, 6.07) is 14.7. The number of ether oxygens (including phenoxy) is 1. The van der Waals surface area contributed by atoms with Crippen LogP contribution in [0.25, 0.3) is 17.0 Å². The van der Waals surface area contributed by atoms with Crippen LogP contribution in [0.2, 0.25) is 0 Å². The predicted octanol–water partition coefficient (Wildman–Crippen LogP) is 5.89. The van der Waals surface area contributed by atoms with Gasteiger partial charge in [0.1, 0.15) is 5.82 Å². The van der Waals surface area contributed by atoms with E-state index in [0.29, 0.717) is 22.7 Å². The van der Waals surface area contributed by atoms with E-state index in [-0.39, 0.29) is 28.3 Å². The van der Waals surface area contributed by atoms with Gasteiger partial charge in [-0.15, -0.1) is 0 Å².